The Hall–Kier alpha value is -2.29. The van der Waals surface area contributed by atoms with Crippen LogP contribution in [-0.4, -0.2) is 48.7 Å². The third-order valence-electron chi connectivity index (χ3n) is 4.71. The Kier molecular flexibility index (Phi) is 7.68. The predicted molar refractivity (Wildman–Crippen MR) is 108 cm³/mol. The van der Waals surface area contributed by atoms with Gasteiger partial charge in [0.2, 0.25) is 0 Å². The van der Waals surface area contributed by atoms with Crippen molar-refractivity contribution in [2.24, 2.45) is 5.73 Å². The minimum absolute atomic E-state index is 0. The highest BCUT2D eigenvalue weighted by Crippen LogP contribution is 2.28. The quantitative estimate of drug-likeness (QED) is 0.725. The molecule has 28 heavy (non-hydrogen) atoms. The number of anilines is 1. The van der Waals surface area contributed by atoms with E-state index < -0.39 is 6.10 Å². The zero-order valence-electron chi connectivity index (χ0n) is 16.3. The molecule has 1 aliphatic rings. The molecule has 154 valence electrons. The monoisotopic (exact) mass is 410 g/mol. The molecule has 1 amide bonds. The molecule has 0 unspecified atom stereocenters. The van der Waals surface area contributed by atoms with E-state index >= 15 is 0 Å². The van der Waals surface area contributed by atoms with Crippen LogP contribution in [0.15, 0.2) is 24.4 Å². The number of rotatable bonds is 7. The summed E-state index contributed by atoms with van der Waals surface area (Å²) in [6.07, 6.45) is 2.70. The number of aryl methyl sites for hydroxylation is 1. The van der Waals surface area contributed by atoms with Crippen LogP contribution in [0.4, 0.5) is 5.82 Å². The van der Waals surface area contributed by atoms with Gasteiger partial charge >= 0.3 is 0 Å². The summed E-state index contributed by atoms with van der Waals surface area (Å²) in [5.41, 5.74) is 7.49. The minimum Gasteiger partial charge on any atom is -0.493 e. The Labute approximate surface area is 170 Å². The van der Waals surface area contributed by atoms with E-state index in [0.29, 0.717) is 36.8 Å². The molecule has 1 fully saturated rings. The van der Waals surface area contributed by atoms with Gasteiger partial charge in [-0.3, -0.25) is 4.79 Å². The number of hydrogen-bond acceptors (Lipinski definition) is 6. The Morgan fingerprint density at radius 2 is 2.07 bits per heavy atom. The molecule has 1 saturated heterocycles. The molecule has 0 spiro atoms. The van der Waals surface area contributed by atoms with Crippen molar-refractivity contribution in [2.45, 2.75) is 38.5 Å². The van der Waals surface area contributed by atoms with Gasteiger partial charge in [0.1, 0.15) is 11.9 Å². The first-order valence-electron chi connectivity index (χ1n) is 8.95. The van der Waals surface area contributed by atoms with E-state index in [1.165, 1.54) is 0 Å². The zero-order valence-corrected chi connectivity index (χ0v) is 17.1. The van der Waals surface area contributed by atoms with E-state index in [1.54, 1.807) is 25.1 Å². The van der Waals surface area contributed by atoms with Crippen molar-refractivity contribution in [3.05, 3.63) is 35.5 Å². The summed E-state index contributed by atoms with van der Waals surface area (Å²) in [5, 5.41) is 7.35. The van der Waals surface area contributed by atoms with Gasteiger partial charge < -0.3 is 25.3 Å². The lowest BCUT2D eigenvalue weighted by Crippen LogP contribution is -2.30. The standard InChI is InChI=1S/C19H26N4O4.ClH/c1-12-10-21-23(11-13-4-6-15(25-2)17(8-13)26-3)18(12)22-19(24)16-7-5-14(9-20)27-16;/h4,6,8,10,14,16H,5,7,9,11,20H2,1-3H3,(H,22,24);1H/t14-,16+;/m1./s1. The fourth-order valence-electron chi connectivity index (χ4n) is 3.18. The SMILES string of the molecule is COc1ccc(Cn2ncc(C)c2NC(=O)[C@@H]2CC[C@H](CN)O2)cc1OC.Cl. The molecule has 2 atom stereocenters. The highest BCUT2D eigenvalue weighted by Gasteiger charge is 2.30. The van der Waals surface area contributed by atoms with Crippen molar-refractivity contribution in [3.63, 3.8) is 0 Å². The largest absolute Gasteiger partial charge is 0.493 e. The molecule has 2 aromatic rings. The van der Waals surface area contributed by atoms with E-state index in [1.807, 2.05) is 25.1 Å². The van der Waals surface area contributed by atoms with Crippen molar-refractivity contribution >= 4 is 24.1 Å². The molecule has 0 aliphatic carbocycles. The van der Waals surface area contributed by atoms with Gasteiger partial charge in [-0.15, -0.1) is 12.4 Å². The summed E-state index contributed by atoms with van der Waals surface area (Å²) in [7, 11) is 3.20. The highest BCUT2D eigenvalue weighted by molar-refractivity contribution is 5.94. The van der Waals surface area contributed by atoms with Crippen molar-refractivity contribution in [2.75, 3.05) is 26.1 Å². The number of hydrogen-bond donors (Lipinski definition) is 2. The molecule has 1 aliphatic heterocycles. The number of nitrogens with zero attached hydrogens (tertiary/aromatic N) is 2. The van der Waals surface area contributed by atoms with Crippen LogP contribution in [0.2, 0.25) is 0 Å². The third-order valence-corrected chi connectivity index (χ3v) is 4.71. The maximum absolute atomic E-state index is 12.6. The Morgan fingerprint density at radius 1 is 1.32 bits per heavy atom. The number of aromatic nitrogens is 2. The van der Waals surface area contributed by atoms with Crippen molar-refractivity contribution in [1.82, 2.24) is 9.78 Å². The van der Waals surface area contributed by atoms with Gasteiger partial charge in [0.15, 0.2) is 11.5 Å². The first-order valence-corrected chi connectivity index (χ1v) is 8.95. The van der Waals surface area contributed by atoms with Gasteiger partial charge in [-0.2, -0.15) is 5.10 Å². The maximum Gasteiger partial charge on any atom is 0.254 e. The smallest absolute Gasteiger partial charge is 0.254 e. The first-order chi connectivity index (χ1) is 13.0. The van der Waals surface area contributed by atoms with E-state index in [2.05, 4.69) is 10.4 Å². The summed E-state index contributed by atoms with van der Waals surface area (Å²) in [6.45, 7) is 2.83. The molecule has 8 nitrogen and oxygen atoms in total. The van der Waals surface area contributed by atoms with Gasteiger partial charge in [0, 0.05) is 12.1 Å². The van der Waals surface area contributed by atoms with Crippen LogP contribution in [0.25, 0.3) is 0 Å². The van der Waals surface area contributed by atoms with E-state index in [9.17, 15) is 4.79 Å². The van der Waals surface area contributed by atoms with Gasteiger partial charge in [0.05, 0.1) is 33.1 Å². The van der Waals surface area contributed by atoms with Gasteiger partial charge in [0.25, 0.3) is 5.91 Å². The number of benzene rings is 1. The van der Waals surface area contributed by atoms with E-state index in [4.69, 9.17) is 19.9 Å². The lowest BCUT2D eigenvalue weighted by molar-refractivity contribution is -0.126. The van der Waals surface area contributed by atoms with Crippen LogP contribution in [0.5, 0.6) is 11.5 Å². The lowest BCUT2D eigenvalue weighted by atomic mass is 10.2. The molecule has 3 N–H and O–H groups in total. The molecule has 0 saturated carbocycles. The summed E-state index contributed by atoms with van der Waals surface area (Å²) < 4.78 is 18.1. The number of halogens is 1. The fourth-order valence-corrected chi connectivity index (χ4v) is 3.18. The topological polar surface area (TPSA) is 101 Å². The predicted octanol–water partition coefficient (Wildman–Crippen LogP) is 2.12. The normalized spacial score (nSPS) is 18.4. The number of ether oxygens (including phenoxy) is 3. The van der Waals surface area contributed by atoms with Crippen LogP contribution in [-0.2, 0) is 16.1 Å². The Morgan fingerprint density at radius 3 is 2.71 bits per heavy atom. The maximum atomic E-state index is 12.6. The summed E-state index contributed by atoms with van der Waals surface area (Å²) in [4.78, 5) is 12.6. The van der Waals surface area contributed by atoms with Crippen molar-refractivity contribution in [3.8, 4) is 11.5 Å². The molecule has 3 rings (SSSR count). The number of carbonyl (C=O) groups is 1. The molecular weight excluding hydrogens is 384 g/mol. The minimum atomic E-state index is -0.470. The Balaban J connectivity index is 0.00000280. The van der Waals surface area contributed by atoms with Crippen LogP contribution >= 0.6 is 12.4 Å². The molecular formula is C19H27ClN4O4. The summed E-state index contributed by atoms with van der Waals surface area (Å²) in [5.74, 6) is 1.81. The van der Waals surface area contributed by atoms with E-state index in [-0.39, 0.29) is 24.4 Å². The van der Waals surface area contributed by atoms with Gasteiger partial charge in [-0.1, -0.05) is 6.07 Å². The fraction of sp³-hybridized carbons (Fsp3) is 0.474. The van der Waals surface area contributed by atoms with Gasteiger partial charge in [-0.25, -0.2) is 4.68 Å². The average Bonchev–Trinajstić information content (AvgIpc) is 3.30. The average molecular weight is 411 g/mol. The number of amides is 1. The molecule has 9 heteroatoms. The van der Waals surface area contributed by atoms with Gasteiger partial charge in [-0.05, 0) is 37.5 Å². The van der Waals surface area contributed by atoms with Crippen molar-refractivity contribution < 1.29 is 19.0 Å². The van der Waals surface area contributed by atoms with Crippen molar-refractivity contribution in [1.29, 1.82) is 0 Å². The van der Waals surface area contributed by atoms with Crippen LogP contribution in [0, 0.1) is 6.92 Å². The number of carbonyl (C=O) groups excluding carboxylic acids is 1. The second-order valence-corrected chi connectivity index (χ2v) is 6.57. The number of methoxy groups -OCH3 is 2. The molecule has 0 bridgehead atoms. The van der Waals surface area contributed by atoms with Crippen LogP contribution in [0.3, 0.4) is 0 Å². The Bertz CT molecular complexity index is 811. The lowest BCUT2D eigenvalue weighted by Gasteiger charge is -2.15. The first kappa shape index (κ1) is 22.0. The molecule has 1 aromatic heterocycles. The van der Waals surface area contributed by atoms with E-state index in [0.717, 1.165) is 17.5 Å². The third kappa shape index (κ3) is 4.76. The molecule has 0 radical (unpaired) electrons. The number of nitrogens with two attached hydrogens (primary N) is 1. The zero-order chi connectivity index (χ0) is 19.4. The summed E-state index contributed by atoms with van der Waals surface area (Å²) >= 11 is 0. The summed E-state index contributed by atoms with van der Waals surface area (Å²) in [6, 6.07) is 5.69. The number of nitrogens with one attached hydrogen (secondary N) is 1. The van der Waals surface area contributed by atoms with Crippen LogP contribution in [0.1, 0.15) is 24.0 Å². The highest BCUT2D eigenvalue weighted by atomic mass is 35.5. The molecule has 2 heterocycles. The second-order valence-electron chi connectivity index (χ2n) is 6.57. The molecule has 1 aromatic carbocycles. The second kappa shape index (κ2) is 9.77. The van der Waals surface area contributed by atoms with Crippen LogP contribution < -0.4 is 20.5 Å².